The highest BCUT2D eigenvalue weighted by atomic mass is 16.5. The first-order valence-electron chi connectivity index (χ1n) is 4.83. The highest BCUT2D eigenvalue weighted by Gasteiger charge is 2.13. The summed E-state index contributed by atoms with van der Waals surface area (Å²) in [6.07, 6.45) is -0.136. The van der Waals surface area contributed by atoms with E-state index in [1.54, 1.807) is 25.2 Å². The van der Waals surface area contributed by atoms with Gasteiger partial charge in [0.25, 0.3) is 0 Å². The Morgan fingerprint density at radius 1 is 1.47 bits per heavy atom. The van der Waals surface area contributed by atoms with E-state index in [1.165, 1.54) is 0 Å². The van der Waals surface area contributed by atoms with Crippen LogP contribution in [0.5, 0.6) is 0 Å². The van der Waals surface area contributed by atoms with Gasteiger partial charge in [-0.1, -0.05) is 0 Å². The van der Waals surface area contributed by atoms with E-state index in [0.717, 1.165) is 5.69 Å². The van der Waals surface area contributed by atoms with Gasteiger partial charge in [-0.3, -0.25) is 0 Å². The standard InChI is InChI=1S/C11H16N2O2/c1-7(2)15-11(14)9-6-8(12)4-5-10(9)13-3/h4-7,13H,12H2,1-3H3. The van der Waals surface area contributed by atoms with E-state index in [1.807, 2.05) is 13.8 Å². The average Bonchev–Trinajstić information content (AvgIpc) is 2.16. The molecule has 0 radical (unpaired) electrons. The Morgan fingerprint density at radius 3 is 2.67 bits per heavy atom. The van der Waals surface area contributed by atoms with Crippen molar-refractivity contribution in [3.63, 3.8) is 0 Å². The van der Waals surface area contributed by atoms with Gasteiger partial charge < -0.3 is 15.8 Å². The van der Waals surface area contributed by atoms with Crippen LogP contribution in [-0.2, 0) is 4.74 Å². The second-order valence-corrected chi connectivity index (χ2v) is 3.51. The Hall–Kier alpha value is -1.71. The summed E-state index contributed by atoms with van der Waals surface area (Å²) in [4.78, 5) is 11.7. The van der Waals surface area contributed by atoms with E-state index in [-0.39, 0.29) is 12.1 Å². The SMILES string of the molecule is CNc1ccc(N)cc1C(=O)OC(C)C. The molecule has 0 atom stereocenters. The van der Waals surface area contributed by atoms with Gasteiger partial charge in [-0.05, 0) is 32.0 Å². The maximum atomic E-state index is 11.7. The van der Waals surface area contributed by atoms with Crippen molar-refractivity contribution in [2.45, 2.75) is 20.0 Å². The molecule has 0 aliphatic rings. The van der Waals surface area contributed by atoms with Crippen LogP contribution in [0.1, 0.15) is 24.2 Å². The molecular formula is C11H16N2O2. The van der Waals surface area contributed by atoms with E-state index in [2.05, 4.69) is 5.32 Å². The van der Waals surface area contributed by atoms with Crippen molar-refractivity contribution < 1.29 is 9.53 Å². The maximum Gasteiger partial charge on any atom is 0.340 e. The van der Waals surface area contributed by atoms with E-state index in [9.17, 15) is 4.79 Å². The maximum absolute atomic E-state index is 11.7. The molecule has 0 saturated carbocycles. The molecule has 0 aliphatic carbocycles. The lowest BCUT2D eigenvalue weighted by molar-refractivity contribution is 0.0379. The van der Waals surface area contributed by atoms with Gasteiger partial charge in [-0.15, -0.1) is 0 Å². The first-order chi connectivity index (χ1) is 7.04. The lowest BCUT2D eigenvalue weighted by Gasteiger charge is -2.11. The number of benzene rings is 1. The van der Waals surface area contributed by atoms with Crippen molar-refractivity contribution >= 4 is 17.3 Å². The molecule has 1 aromatic rings. The predicted molar refractivity (Wildman–Crippen MR) is 61.0 cm³/mol. The second kappa shape index (κ2) is 4.68. The van der Waals surface area contributed by atoms with E-state index < -0.39 is 0 Å². The summed E-state index contributed by atoms with van der Waals surface area (Å²) in [5, 5.41) is 2.92. The van der Waals surface area contributed by atoms with E-state index in [0.29, 0.717) is 11.3 Å². The van der Waals surface area contributed by atoms with Crippen LogP contribution in [0.4, 0.5) is 11.4 Å². The van der Waals surface area contributed by atoms with Crippen LogP contribution in [0.15, 0.2) is 18.2 Å². The summed E-state index contributed by atoms with van der Waals surface area (Å²) in [6.45, 7) is 3.62. The molecular weight excluding hydrogens is 192 g/mol. The minimum absolute atomic E-state index is 0.136. The Bertz CT molecular complexity index is 362. The summed E-state index contributed by atoms with van der Waals surface area (Å²) < 4.78 is 5.10. The van der Waals surface area contributed by atoms with Crippen molar-refractivity contribution in [1.82, 2.24) is 0 Å². The lowest BCUT2D eigenvalue weighted by atomic mass is 10.1. The first-order valence-corrected chi connectivity index (χ1v) is 4.83. The molecule has 0 unspecified atom stereocenters. The van der Waals surface area contributed by atoms with Gasteiger partial charge in [-0.2, -0.15) is 0 Å². The zero-order valence-corrected chi connectivity index (χ0v) is 9.20. The van der Waals surface area contributed by atoms with E-state index in [4.69, 9.17) is 10.5 Å². The minimum atomic E-state index is -0.360. The van der Waals surface area contributed by atoms with Crippen LogP contribution in [0.25, 0.3) is 0 Å². The number of ether oxygens (including phenoxy) is 1. The van der Waals surface area contributed by atoms with Crippen molar-refractivity contribution in [2.75, 3.05) is 18.1 Å². The van der Waals surface area contributed by atoms with Gasteiger partial charge in [0.05, 0.1) is 11.7 Å². The lowest BCUT2D eigenvalue weighted by Crippen LogP contribution is -2.13. The van der Waals surface area contributed by atoms with Crippen LogP contribution >= 0.6 is 0 Å². The molecule has 0 fully saturated rings. The van der Waals surface area contributed by atoms with Crippen LogP contribution < -0.4 is 11.1 Å². The fourth-order valence-corrected chi connectivity index (χ4v) is 1.23. The number of nitrogen functional groups attached to an aromatic ring is 1. The van der Waals surface area contributed by atoms with Gasteiger partial charge in [0.15, 0.2) is 0 Å². The molecule has 4 heteroatoms. The summed E-state index contributed by atoms with van der Waals surface area (Å²) in [5.74, 6) is -0.360. The molecule has 4 nitrogen and oxygen atoms in total. The monoisotopic (exact) mass is 208 g/mol. The molecule has 0 bridgehead atoms. The zero-order chi connectivity index (χ0) is 11.4. The summed E-state index contributed by atoms with van der Waals surface area (Å²) in [6, 6.07) is 5.10. The van der Waals surface area contributed by atoms with Crippen LogP contribution in [0.3, 0.4) is 0 Å². The number of carbonyl (C=O) groups is 1. The number of esters is 1. The number of nitrogens with one attached hydrogen (secondary N) is 1. The minimum Gasteiger partial charge on any atom is -0.459 e. The highest BCUT2D eigenvalue weighted by molar-refractivity contribution is 5.96. The number of nitrogens with two attached hydrogens (primary N) is 1. The Balaban J connectivity index is 3.00. The average molecular weight is 208 g/mol. The fraction of sp³-hybridized carbons (Fsp3) is 0.364. The molecule has 0 saturated heterocycles. The normalized spacial score (nSPS) is 10.1. The van der Waals surface area contributed by atoms with E-state index >= 15 is 0 Å². The van der Waals surface area contributed by atoms with Gasteiger partial charge in [0, 0.05) is 18.4 Å². The quantitative estimate of drug-likeness (QED) is 0.588. The third-order valence-corrected chi connectivity index (χ3v) is 1.88. The number of rotatable bonds is 3. The molecule has 0 aromatic heterocycles. The summed E-state index contributed by atoms with van der Waals surface area (Å²) in [7, 11) is 1.75. The third kappa shape index (κ3) is 2.87. The number of anilines is 2. The summed E-state index contributed by atoms with van der Waals surface area (Å²) >= 11 is 0. The highest BCUT2D eigenvalue weighted by Crippen LogP contribution is 2.19. The Kier molecular flexibility index (Phi) is 3.55. The van der Waals surface area contributed by atoms with Crippen molar-refractivity contribution in [1.29, 1.82) is 0 Å². The first kappa shape index (κ1) is 11.4. The summed E-state index contributed by atoms with van der Waals surface area (Å²) in [5.41, 5.74) is 7.34. The molecule has 0 spiro atoms. The number of carbonyl (C=O) groups excluding carboxylic acids is 1. The molecule has 0 aliphatic heterocycles. The second-order valence-electron chi connectivity index (χ2n) is 3.51. The van der Waals surface area contributed by atoms with Gasteiger partial charge in [-0.25, -0.2) is 4.79 Å². The molecule has 1 rings (SSSR count). The Labute approximate surface area is 89.4 Å². The smallest absolute Gasteiger partial charge is 0.340 e. The van der Waals surface area contributed by atoms with Crippen molar-refractivity contribution in [3.05, 3.63) is 23.8 Å². The third-order valence-electron chi connectivity index (χ3n) is 1.88. The van der Waals surface area contributed by atoms with Gasteiger partial charge in [0.2, 0.25) is 0 Å². The van der Waals surface area contributed by atoms with Crippen LogP contribution in [0, 0.1) is 0 Å². The fourth-order valence-electron chi connectivity index (χ4n) is 1.23. The molecule has 0 amide bonds. The van der Waals surface area contributed by atoms with Gasteiger partial charge >= 0.3 is 5.97 Å². The molecule has 15 heavy (non-hydrogen) atoms. The Morgan fingerprint density at radius 2 is 2.13 bits per heavy atom. The number of hydrogen-bond acceptors (Lipinski definition) is 4. The topological polar surface area (TPSA) is 64.3 Å². The largest absolute Gasteiger partial charge is 0.459 e. The van der Waals surface area contributed by atoms with Crippen molar-refractivity contribution in [3.8, 4) is 0 Å². The van der Waals surface area contributed by atoms with Crippen LogP contribution in [0.2, 0.25) is 0 Å². The van der Waals surface area contributed by atoms with Gasteiger partial charge in [0.1, 0.15) is 0 Å². The zero-order valence-electron chi connectivity index (χ0n) is 9.20. The van der Waals surface area contributed by atoms with Crippen LogP contribution in [-0.4, -0.2) is 19.1 Å². The van der Waals surface area contributed by atoms with Crippen molar-refractivity contribution in [2.24, 2.45) is 0 Å². The molecule has 3 N–H and O–H groups in total. The predicted octanol–water partition coefficient (Wildman–Crippen LogP) is 1.88. The molecule has 82 valence electrons. The molecule has 0 heterocycles. The molecule has 1 aromatic carbocycles. The number of hydrogen-bond donors (Lipinski definition) is 2.